The first-order chi connectivity index (χ1) is 9.42. The van der Waals surface area contributed by atoms with Gasteiger partial charge in [-0.15, -0.1) is 11.8 Å². The van der Waals surface area contributed by atoms with E-state index in [1.165, 1.54) is 4.90 Å². The van der Waals surface area contributed by atoms with Gasteiger partial charge >= 0.3 is 0 Å². The lowest BCUT2D eigenvalue weighted by Gasteiger charge is -1.99. The number of fused-ring (bicyclic) bond motifs is 1. The third kappa shape index (κ3) is 3.18. The molecule has 0 saturated carbocycles. The van der Waals surface area contributed by atoms with Crippen LogP contribution in [0.2, 0.25) is 0 Å². The zero-order valence-electron chi connectivity index (χ0n) is 10.6. The van der Waals surface area contributed by atoms with Crippen LogP contribution in [0.25, 0.3) is 11.1 Å². The fraction of sp³-hybridized carbons (Fsp3) is 0.188. The molecular formula is C16H15NOS. The van der Waals surface area contributed by atoms with Crippen LogP contribution in [-0.4, -0.2) is 10.7 Å². The van der Waals surface area contributed by atoms with Crippen molar-refractivity contribution >= 4 is 22.9 Å². The lowest BCUT2D eigenvalue weighted by atomic mass is 10.3. The van der Waals surface area contributed by atoms with Gasteiger partial charge in [0.05, 0.1) is 0 Å². The second-order valence-electron chi connectivity index (χ2n) is 4.34. The number of aromatic nitrogens is 1. The number of nitrogens with zero attached hydrogens (tertiary/aromatic N) is 1. The highest BCUT2D eigenvalue weighted by molar-refractivity contribution is 7.99. The number of para-hydroxylation sites is 2. The third-order valence-electron chi connectivity index (χ3n) is 2.89. The zero-order chi connectivity index (χ0) is 12.9. The quantitative estimate of drug-likeness (QED) is 0.502. The van der Waals surface area contributed by atoms with Gasteiger partial charge in [0.25, 0.3) is 0 Å². The van der Waals surface area contributed by atoms with E-state index in [0.29, 0.717) is 0 Å². The highest BCUT2D eigenvalue weighted by atomic mass is 32.2. The van der Waals surface area contributed by atoms with Gasteiger partial charge in [-0.3, -0.25) is 0 Å². The second-order valence-corrected chi connectivity index (χ2v) is 5.51. The van der Waals surface area contributed by atoms with E-state index >= 15 is 0 Å². The van der Waals surface area contributed by atoms with Crippen molar-refractivity contribution in [1.82, 2.24) is 4.98 Å². The zero-order valence-corrected chi connectivity index (χ0v) is 11.4. The number of rotatable bonds is 5. The van der Waals surface area contributed by atoms with Crippen molar-refractivity contribution in [1.29, 1.82) is 0 Å². The van der Waals surface area contributed by atoms with E-state index in [4.69, 9.17) is 4.42 Å². The molecule has 0 radical (unpaired) electrons. The summed E-state index contributed by atoms with van der Waals surface area (Å²) < 4.78 is 5.70. The molecule has 0 aliphatic rings. The van der Waals surface area contributed by atoms with Crippen LogP contribution in [-0.2, 0) is 6.42 Å². The van der Waals surface area contributed by atoms with E-state index in [9.17, 15) is 0 Å². The van der Waals surface area contributed by atoms with E-state index < -0.39 is 0 Å². The minimum absolute atomic E-state index is 0.842. The first kappa shape index (κ1) is 12.3. The topological polar surface area (TPSA) is 26.0 Å². The molecule has 0 fully saturated rings. The van der Waals surface area contributed by atoms with Crippen LogP contribution < -0.4 is 0 Å². The average Bonchev–Trinajstić information content (AvgIpc) is 2.87. The molecular weight excluding hydrogens is 254 g/mol. The summed E-state index contributed by atoms with van der Waals surface area (Å²) in [5, 5.41) is 0. The molecule has 0 aliphatic carbocycles. The molecule has 2 aromatic carbocycles. The molecule has 96 valence electrons. The minimum atomic E-state index is 0.842. The van der Waals surface area contributed by atoms with Crippen molar-refractivity contribution in [3.63, 3.8) is 0 Å². The van der Waals surface area contributed by atoms with Crippen LogP contribution in [0, 0.1) is 0 Å². The lowest BCUT2D eigenvalue weighted by Crippen LogP contribution is -1.87. The normalized spacial score (nSPS) is 10.9. The maximum atomic E-state index is 5.70. The summed E-state index contributed by atoms with van der Waals surface area (Å²) in [6.07, 6.45) is 1.97. The molecule has 0 aliphatic heterocycles. The number of aryl methyl sites for hydroxylation is 1. The van der Waals surface area contributed by atoms with Gasteiger partial charge in [0.2, 0.25) is 0 Å². The number of hydrogen-bond acceptors (Lipinski definition) is 3. The first-order valence-corrected chi connectivity index (χ1v) is 7.43. The summed E-state index contributed by atoms with van der Waals surface area (Å²) in [5.41, 5.74) is 1.83. The molecule has 3 aromatic rings. The third-order valence-corrected chi connectivity index (χ3v) is 3.98. The number of oxazole rings is 1. The summed E-state index contributed by atoms with van der Waals surface area (Å²) in [5.74, 6) is 1.93. The fourth-order valence-electron chi connectivity index (χ4n) is 1.96. The van der Waals surface area contributed by atoms with Gasteiger partial charge in [0, 0.05) is 11.3 Å². The maximum Gasteiger partial charge on any atom is 0.195 e. The molecule has 0 atom stereocenters. The molecule has 0 saturated heterocycles. The Morgan fingerprint density at radius 1 is 0.947 bits per heavy atom. The Bertz CT molecular complexity index is 615. The Labute approximate surface area is 116 Å². The van der Waals surface area contributed by atoms with Gasteiger partial charge < -0.3 is 4.42 Å². The molecule has 0 bridgehead atoms. The Hall–Kier alpha value is -1.74. The number of hydrogen-bond donors (Lipinski definition) is 0. The molecule has 19 heavy (non-hydrogen) atoms. The van der Waals surface area contributed by atoms with Gasteiger partial charge in [0.1, 0.15) is 5.52 Å². The van der Waals surface area contributed by atoms with E-state index in [1.807, 2.05) is 42.1 Å². The van der Waals surface area contributed by atoms with Gasteiger partial charge in [-0.1, -0.05) is 30.3 Å². The monoisotopic (exact) mass is 269 g/mol. The molecule has 0 spiro atoms. The Morgan fingerprint density at radius 3 is 2.58 bits per heavy atom. The Morgan fingerprint density at radius 2 is 1.74 bits per heavy atom. The average molecular weight is 269 g/mol. The molecule has 1 heterocycles. The molecule has 3 heteroatoms. The second kappa shape index (κ2) is 5.93. The summed E-state index contributed by atoms with van der Waals surface area (Å²) in [7, 11) is 0. The summed E-state index contributed by atoms with van der Waals surface area (Å²) in [6, 6.07) is 18.4. The van der Waals surface area contributed by atoms with Crippen molar-refractivity contribution in [3.05, 3.63) is 60.5 Å². The molecule has 0 amide bonds. The SMILES string of the molecule is c1ccc(SCCCc2nc3ccccc3o2)cc1. The van der Waals surface area contributed by atoms with Gasteiger partial charge in [-0.25, -0.2) is 4.98 Å². The van der Waals surface area contributed by atoms with E-state index in [-0.39, 0.29) is 0 Å². The van der Waals surface area contributed by atoms with Crippen molar-refractivity contribution in [2.75, 3.05) is 5.75 Å². The predicted molar refractivity (Wildman–Crippen MR) is 79.5 cm³/mol. The van der Waals surface area contributed by atoms with Crippen LogP contribution in [0.4, 0.5) is 0 Å². The van der Waals surface area contributed by atoms with Crippen molar-refractivity contribution in [2.45, 2.75) is 17.7 Å². The lowest BCUT2D eigenvalue weighted by molar-refractivity contribution is 0.526. The largest absolute Gasteiger partial charge is 0.441 e. The standard InChI is InChI=1S/C16H15NOS/c1-2-7-13(8-3-1)19-12-6-11-16-17-14-9-4-5-10-15(14)18-16/h1-5,7-10H,6,11-12H2. The van der Waals surface area contributed by atoms with Crippen LogP contribution in [0.5, 0.6) is 0 Å². The van der Waals surface area contributed by atoms with Gasteiger partial charge in [0.15, 0.2) is 11.5 Å². The Kier molecular flexibility index (Phi) is 3.84. The van der Waals surface area contributed by atoms with Gasteiger partial charge in [-0.05, 0) is 36.4 Å². The van der Waals surface area contributed by atoms with E-state index in [0.717, 1.165) is 35.6 Å². The highest BCUT2D eigenvalue weighted by Crippen LogP contribution is 2.20. The molecule has 2 nitrogen and oxygen atoms in total. The minimum Gasteiger partial charge on any atom is -0.441 e. The van der Waals surface area contributed by atoms with Crippen LogP contribution >= 0.6 is 11.8 Å². The first-order valence-electron chi connectivity index (χ1n) is 6.44. The fourth-order valence-corrected chi connectivity index (χ4v) is 2.83. The van der Waals surface area contributed by atoms with E-state index in [1.54, 1.807) is 0 Å². The van der Waals surface area contributed by atoms with Crippen LogP contribution in [0.1, 0.15) is 12.3 Å². The highest BCUT2D eigenvalue weighted by Gasteiger charge is 2.04. The van der Waals surface area contributed by atoms with Gasteiger partial charge in [-0.2, -0.15) is 0 Å². The summed E-state index contributed by atoms with van der Waals surface area (Å²) in [6.45, 7) is 0. The van der Waals surface area contributed by atoms with Crippen molar-refractivity contribution in [3.8, 4) is 0 Å². The smallest absolute Gasteiger partial charge is 0.195 e. The summed E-state index contributed by atoms with van der Waals surface area (Å²) >= 11 is 1.88. The molecule has 0 unspecified atom stereocenters. The maximum absolute atomic E-state index is 5.70. The molecule has 0 N–H and O–H groups in total. The number of thioether (sulfide) groups is 1. The van der Waals surface area contributed by atoms with Crippen LogP contribution in [0.3, 0.4) is 0 Å². The molecule has 3 rings (SSSR count). The van der Waals surface area contributed by atoms with Crippen molar-refractivity contribution < 1.29 is 4.42 Å². The molecule has 1 aromatic heterocycles. The van der Waals surface area contributed by atoms with Crippen LogP contribution in [0.15, 0.2) is 63.9 Å². The Balaban J connectivity index is 1.52. The van der Waals surface area contributed by atoms with E-state index in [2.05, 4.69) is 29.2 Å². The predicted octanol–water partition coefficient (Wildman–Crippen LogP) is 4.55. The summed E-state index contributed by atoms with van der Waals surface area (Å²) in [4.78, 5) is 5.80. The number of benzene rings is 2. The van der Waals surface area contributed by atoms with Crippen molar-refractivity contribution in [2.24, 2.45) is 0 Å².